The number of hydrogen-bond donors (Lipinski definition) is 0. The Morgan fingerprint density at radius 2 is 2.04 bits per heavy atom. The van der Waals surface area contributed by atoms with Gasteiger partial charge in [0.05, 0.1) is 6.61 Å². The summed E-state index contributed by atoms with van der Waals surface area (Å²) in [6, 6.07) is 0. The number of cyclic esters (lactones) is 1. The molecule has 2 atom stereocenters. The highest BCUT2D eigenvalue weighted by Crippen LogP contribution is 2.35. The molecule has 1 saturated heterocycles. The van der Waals surface area contributed by atoms with Gasteiger partial charge in [-0.15, -0.1) is 0 Å². The Labute approximate surface area is 127 Å². The second kappa shape index (κ2) is 5.81. The first-order valence-corrected chi connectivity index (χ1v) is 6.21. The molecule has 0 saturated carbocycles. The third-order valence-corrected chi connectivity index (χ3v) is 2.87. The number of carbonyl (C=O) groups is 3. The Hall–Kier alpha value is -2.14. The zero-order valence-corrected chi connectivity index (χ0v) is 11.8. The van der Waals surface area contributed by atoms with Crippen molar-refractivity contribution in [3.8, 4) is 0 Å². The second-order valence-corrected chi connectivity index (χ2v) is 4.99. The van der Waals surface area contributed by atoms with Crippen molar-refractivity contribution in [1.29, 1.82) is 0 Å². The molecule has 128 valence electrons. The number of alkyl halides is 3. The summed E-state index contributed by atoms with van der Waals surface area (Å²) < 4.78 is 60.8. The van der Waals surface area contributed by atoms with Gasteiger partial charge in [-0.05, 0) is 13.8 Å². The van der Waals surface area contributed by atoms with Crippen LogP contribution < -0.4 is 0 Å². The lowest BCUT2D eigenvalue weighted by molar-refractivity contribution is -0.198. The molecular formula is C12H11F3O8. The highest BCUT2D eigenvalue weighted by molar-refractivity contribution is 5.92. The summed E-state index contributed by atoms with van der Waals surface area (Å²) in [6.07, 6.45) is -7.88. The van der Waals surface area contributed by atoms with Crippen molar-refractivity contribution in [1.82, 2.24) is 0 Å². The predicted molar refractivity (Wildman–Crippen MR) is 61.1 cm³/mol. The third-order valence-electron chi connectivity index (χ3n) is 2.87. The van der Waals surface area contributed by atoms with Crippen LogP contribution in [-0.4, -0.2) is 49.2 Å². The molecule has 0 aromatic rings. The number of carbonyl (C=O) groups excluding carboxylic acids is 3. The molecule has 11 heteroatoms. The average molecular weight is 340 g/mol. The van der Waals surface area contributed by atoms with Crippen molar-refractivity contribution < 1.29 is 51.2 Å². The number of esters is 2. The number of rotatable bonds is 4. The van der Waals surface area contributed by atoms with Gasteiger partial charge in [-0.3, -0.25) is 4.79 Å². The first-order chi connectivity index (χ1) is 10.5. The third kappa shape index (κ3) is 3.62. The minimum atomic E-state index is -5.32. The van der Waals surface area contributed by atoms with E-state index in [0.717, 1.165) is 0 Å². The second-order valence-electron chi connectivity index (χ2n) is 4.99. The Bertz CT molecular complexity index is 565. The maximum absolute atomic E-state index is 12.4. The molecule has 0 aromatic carbocycles. The molecule has 2 aliphatic heterocycles. The maximum Gasteiger partial charge on any atom is 0.491 e. The highest BCUT2D eigenvalue weighted by Gasteiger charge is 2.51. The van der Waals surface area contributed by atoms with Crippen molar-refractivity contribution in [3.05, 3.63) is 11.5 Å². The standard InChI is InChI=1S/C12H11F3O8/c1-11(2)20-3-5(23-11)6-7(22-10(18)12(13,14)15)8(19-4-16)9(17)21-6/h4-6H,3H2,1-2H3. The van der Waals surface area contributed by atoms with Gasteiger partial charge >= 0.3 is 18.1 Å². The van der Waals surface area contributed by atoms with Crippen LogP contribution in [0.25, 0.3) is 0 Å². The number of halogens is 3. The van der Waals surface area contributed by atoms with Crippen LogP contribution in [0.1, 0.15) is 13.8 Å². The summed E-state index contributed by atoms with van der Waals surface area (Å²) in [5.74, 6) is -6.78. The van der Waals surface area contributed by atoms with E-state index in [1.807, 2.05) is 0 Å². The lowest BCUT2D eigenvalue weighted by Crippen LogP contribution is -2.35. The van der Waals surface area contributed by atoms with Crippen LogP contribution in [-0.2, 0) is 38.1 Å². The van der Waals surface area contributed by atoms with Crippen LogP contribution in [0.15, 0.2) is 11.5 Å². The average Bonchev–Trinajstić information content (AvgIpc) is 2.91. The van der Waals surface area contributed by atoms with Gasteiger partial charge in [0.15, 0.2) is 11.9 Å². The summed E-state index contributed by atoms with van der Waals surface area (Å²) in [5.41, 5.74) is 0. The molecular weight excluding hydrogens is 329 g/mol. The summed E-state index contributed by atoms with van der Waals surface area (Å²) >= 11 is 0. The molecule has 0 aliphatic carbocycles. The fraction of sp³-hybridized carbons (Fsp3) is 0.583. The van der Waals surface area contributed by atoms with Crippen LogP contribution in [0.4, 0.5) is 13.2 Å². The van der Waals surface area contributed by atoms with Crippen molar-refractivity contribution in [3.63, 3.8) is 0 Å². The molecule has 2 rings (SSSR count). The van der Waals surface area contributed by atoms with E-state index in [2.05, 4.69) is 9.47 Å². The first kappa shape index (κ1) is 17.2. The summed E-state index contributed by atoms with van der Waals surface area (Å²) in [5, 5.41) is 0. The molecule has 2 unspecified atom stereocenters. The molecule has 0 N–H and O–H groups in total. The molecule has 2 heterocycles. The van der Waals surface area contributed by atoms with Crippen molar-refractivity contribution in [2.24, 2.45) is 0 Å². The monoisotopic (exact) mass is 340 g/mol. The van der Waals surface area contributed by atoms with Gasteiger partial charge in [0.1, 0.15) is 6.10 Å². The molecule has 1 fully saturated rings. The number of ether oxygens (including phenoxy) is 5. The Kier molecular flexibility index (Phi) is 4.35. The topological polar surface area (TPSA) is 97.4 Å². The Morgan fingerprint density at radius 1 is 1.39 bits per heavy atom. The number of hydrogen-bond acceptors (Lipinski definition) is 8. The minimum Gasteiger partial charge on any atom is -0.445 e. The van der Waals surface area contributed by atoms with E-state index in [0.29, 0.717) is 0 Å². The van der Waals surface area contributed by atoms with Crippen LogP contribution >= 0.6 is 0 Å². The zero-order chi connectivity index (χ0) is 17.4. The largest absolute Gasteiger partial charge is 0.491 e. The smallest absolute Gasteiger partial charge is 0.445 e. The Balaban J connectivity index is 2.29. The summed E-state index contributed by atoms with van der Waals surface area (Å²) in [4.78, 5) is 33.0. The maximum atomic E-state index is 12.4. The van der Waals surface area contributed by atoms with E-state index in [-0.39, 0.29) is 13.1 Å². The van der Waals surface area contributed by atoms with Crippen LogP contribution in [0.5, 0.6) is 0 Å². The lowest BCUT2D eigenvalue weighted by atomic mass is 10.2. The van der Waals surface area contributed by atoms with Crippen LogP contribution in [0, 0.1) is 0 Å². The quantitative estimate of drug-likeness (QED) is 0.416. The minimum absolute atomic E-state index is 0.146. The first-order valence-electron chi connectivity index (χ1n) is 6.21. The van der Waals surface area contributed by atoms with Gasteiger partial charge in [0.2, 0.25) is 5.76 Å². The van der Waals surface area contributed by atoms with Crippen molar-refractivity contribution >= 4 is 18.4 Å². The van der Waals surface area contributed by atoms with E-state index < -0.39 is 47.6 Å². The van der Waals surface area contributed by atoms with E-state index in [4.69, 9.17) is 14.2 Å². The summed E-state index contributed by atoms with van der Waals surface area (Å²) in [6.45, 7) is 2.69. The zero-order valence-electron chi connectivity index (χ0n) is 11.8. The van der Waals surface area contributed by atoms with Gasteiger partial charge < -0.3 is 23.7 Å². The van der Waals surface area contributed by atoms with E-state index in [1.165, 1.54) is 13.8 Å². The molecule has 23 heavy (non-hydrogen) atoms. The SMILES string of the molecule is CC1(C)OCC(C2OC(=O)C(OC=O)=C2OC(=O)C(F)(F)F)O1. The fourth-order valence-electron chi connectivity index (χ4n) is 1.98. The van der Waals surface area contributed by atoms with Crippen molar-refractivity contribution in [2.75, 3.05) is 6.61 Å². The van der Waals surface area contributed by atoms with Gasteiger partial charge in [-0.25, -0.2) is 9.59 Å². The van der Waals surface area contributed by atoms with Gasteiger partial charge in [0.25, 0.3) is 12.2 Å². The molecule has 0 radical (unpaired) electrons. The molecule has 0 aromatic heterocycles. The van der Waals surface area contributed by atoms with Crippen molar-refractivity contribution in [2.45, 2.75) is 38.0 Å². The Morgan fingerprint density at radius 3 is 2.52 bits per heavy atom. The molecule has 0 bridgehead atoms. The highest BCUT2D eigenvalue weighted by atomic mass is 19.4. The predicted octanol–water partition coefficient (Wildman–Crippen LogP) is 0.553. The van der Waals surface area contributed by atoms with Crippen LogP contribution in [0.3, 0.4) is 0 Å². The molecule has 0 spiro atoms. The molecule has 2 aliphatic rings. The van der Waals surface area contributed by atoms with E-state index in [1.54, 1.807) is 0 Å². The van der Waals surface area contributed by atoms with Gasteiger partial charge in [-0.1, -0.05) is 0 Å². The fourth-order valence-corrected chi connectivity index (χ4v) is 1.98. The molecule has 0 amide bonds. The molecule has 8 nitrogen and oxygen atoms in total. The van der Waals surface area contributed by atoms with Crippen LogP contribution in [0.2, 0.25) is 0 Å². The van der Waals surface area contributed by atoms with Gasteiger partial charge in [-0.2, -0.15) is 13.2 Å². The lowest BCUT2D eigenvalue weighted by Gasteiger charge is -2.21. The summed E-state index contributed by atoms with van der Waals surface area (Å²) in [7, 11) is 0. The van der Waals surface area contributed by atoms with E-state index in [9.17, 15) is 27.6 Å². The van der Waals surface area contributed by atoms with E-state index >= 15 is 0 Å². The normalized spacial score (nSPS) is 26.9. The van der Waals surface area contributed by atoms with Gasteiger partial charge in [0, 0.05) is 0 Å².